The number of nitrogens with two attached hydrogens (primary N) is 4. The average molecular weight is 486 g/mol. The number of nitrogens with zero attached hydrogens (tertiary/aromatic N) is 1. The molecule has 4 unspecified atom stereocenters. The molecule has 1 rings (SSSR count). The number of unbranched alkanes of at least 4 members (excludes halogenated alkanes) is 1. The summed E-state index contributed by atoms with van der Waals surface area (Å²) < 4.78 is 0. The van der Waals surface area contributed by atoms with Gasteiger partial charge in [-0.15, -0.1) is 0 Å². The number of carboxylic acid groups (broad SMARTS) is 1. The zero-order valence-corrected chi connectivity index (χ0v) is 19.0. The van der Waals surface area contributed by atoms with Crippen molar-refractivity contribution in [1.29, 1.82) is 0 Å². The monoisotopic (exact) mass is 485 g/mol. The van der Waals surface area contributed by atoms with Crippen molar-refractivity contribution in [2.75, 3.05) is 13.1 Å². The maximum atomic E-state index is 13.0. The molecule has 0 bridgehead atoms. The standard InChI is InChI=1S/C20H35N7O7/c21-8-2-1-4-11(22)17(30)26-13(10-16(24)29)18(31)25-12(6-7-15(23)28)19(32)27-9-3-5-14(27)20(33)34/h11-14H,1-10,21-22H2,(H2,23,28)(H2,24,29)(H,25,31)(H,26,30)(H,33,34). The van der Waals surface area contributed by atoms with Crippen molar-refractivity contribution in [3.05, 3.63) is 0 Å². The van der Waals surface area contributed by atoms with Gasteiger partial charge in [0.15, 0.2) is 0 Å². The maximum absolute atomic E-state index is 13.0. The molecule has 0 radical (unpaired) electrons. The number of carbonyl (C=O) groups excluding carboxylic acids is 5. The Hall–Kier alpha value is -3.26. The van der Waals surface area contributed by atoms with Gasteiger partial charge in [-0.3, -0.25) is 24.0 Å². The van der Waals surface area contributed by atoms with Crippen LogP contribution in [0.4, 0.5) is 0 Å². The van der Waals surface area contributed by atoms with Gasteiger partial charge in [0.25, 0.3) is 0 Å². The lowest BCUT2D eigenvalue weighted by molar-refractivity contribution is -0.149. The summed E-state index contributed by atoms with van der Waals surface area (Å²) in [5, 5.41) is 14.1. The van der Waals surface area contributed by atoms with Crippen LogP contribution >= 0.6 is 0 Å². The Morgan fingerprint density at radius 3 is 2.15 bits per heavy atom. The predicted molar refractivity (Wildman–Crippen MR) is 119 cm³/mol. The number of hydrogen-bond acceptors (Lipinski definition) is 8. The van der Waals surface area contributed by atoms with Crippen LogP contribution in [0.3, 0.4) is 0 Å². The van der Waals surface area contributed by atoms with E-state index in [1.54, 1.807) is 0 Å². The number of likely N-dealkylation sites (tertiary alicyclic amines) is 1. The third kappa shape index (κ3) is 9.31. The highest BCUT2D eigenvalue weighted by Gasteiger charge is 2.38. The number of hydrogen-bond donors (Lipinski definition) is 7. The molecule has 14 heteroatoms. The molecule has 0 spiro atoms. The van der Waals surface area contributed by atoms with E-state index in [1.165, 1.54) is 0 Å². The Kier molecular flexibility index (Phi) is 11.9. The molecule has 11 N–H and O–H groups in total. The normalized spacial score (nSPS) is 17.9. The summed E-state index contributed by atoms with van der Waals surface area (Å²) in [5.41, 5.74) is 21.6. The first-order chi connectivity index (χ1) is 16.0. The minimum absolute atomic E-state index is 0.165. The zero-order valence-electron chi connectivity index (χ0n) is 19.0. The fourth-order valence-electron chi connectivity index (χ4n) is 3.63. The second kappa shape index (κ2) is 14.1. The number of carboxylic acids is 1. The molecule has 4 atom stereocenters. The largest absolute Gasteiger partial charge is 0.480 e. The van der Waals surface area contributed by atoms with Gasteiger partial charge in [-0.25, -0.2) is 4.79 Å². The molecule has 0 aromatic carbocycles. The Labute approximate surface area is 197 Å². The van der Waals surface area contributed by atoms with Crippen LogP contribution < -0.4 is 33.6 Å². The van der Waals surface area contributed by atoms with E-state index >= 15 is 0 Å². The molecule has 0 aromatic rings. The summed E-state index contributed by atoms with van der Waals surface area (Å²) in [7, 11) is 0. The van der Waals surface area contributed by atoms with Gasteiger partial charge >= 0.3 is 5.97 Å². The van der Waals surface area contributed by atoms with Crippen LogP contribution in [0.2, 0.25) is 0 Å². The molecule has 14 nitrogen and oxygen atoms in total. The molecule has 1 aliphatic rings. The van der Waals surface area contributed by atoms with E-state index in [9.17, 15) is 33.9 Å². The van der Waals surface area contributed by atoms with Crippen LogP contribution in [0.15, 0.2) is 0 Å². The molecule has 5 amide bonds. The van der Waals surface area contributed by atoms with Crippen LogP contribution in [0.1, 0.15) is 51.4 Å². The third-order valence-electron chi connectivity index (χ3n) is 5.46. The lowest BCUT2D eigenvalue weighted by atomic mass is 10.1. The van der Waals surface area contributed by atoms with Crippen LogP contribution in [0.25, 0.3) is 0 Å². The second-order valence-corrected chi connectivity index (χ2v) is 8.22. The van der Waals surface area contributed by atoms with Crippen LogP contribution in [0, 0.1) is 0 Å². The van der Waals surface area contributed by atoms with Crippen molar-refractivity contribution in [2.45, 2.75) is 75.5 Å². The molecule has 1 aliphatic heterocycles. The van der Waals surface area contributed by atoms with E-state index in [2.05, 4.69) is 10.6 Å². The van der Waals surface area contributed by atoms with E-state index < -0.39 is 66.1 Å². The van der Waals surface area contributed by atoms with Crippen molar-refractivity contribution >= 4 is 35.5 Å². The zero-order chi connectivity index (χ0) is 25.8. The second-order valence-electron chi connectivity index (χ2n) is 8.22. The fourth-order valence-corrected chi connectivity index (χ4v) is 3.63. The molecule has 1 saturated heterocycles. The van der Waals surface area contributed by atoms with E-state index in [4.69, 9.17) is 22.9 Å². The molecular formula is C20H35N7O7. The lowest BCUT2D eigenvalue weighted by Crippen LogP contribution is -2.57. The van der Waals surface area contributed by atoms with Crippen molar-refractivity contribution in [2.24, 2.45) is 22.9 Å². The molecule has 1 fully saturated rings. The van der Waals surface area contributed by atoms with Gasteiger partial charge in [0, 0.05) is 13.0 Å². The van der Waals surface area contributed by atoms with Crippen molar-refractivity contribution in [1.82, 2.24) is 15.5 Å². The van der Waals surface area contributed by atoms with Crippen molar-refractivity contribution in [3.63, 3.8) is 0 Å². The minimum Gasteiger partial charge on any atom is -0.480 e. The first kappa shape index (κ1) is 28.8. The van der Waals surface area contributed by atoms with Crippen molar-refractivity contribution < 1.29 is 33.9 Å². The molecule has 34 heavy (non-hydrogen) atoms. The van der Waals surface area contributed by atoms with Crippen LogP contribution in [-0.2, 0) is 28.8 Å². The fraction of sp³-hybridized carbons (Fsp3) is 0.700. The van der Waals surface area contributed by atoms with Gasteiger partial charge in [-0.2, -0.15) is 0 Å². The van der Waals surface area contributed by atoms with Crippen LogP contribution in [-0.4, -0.2) is 82.8 Å². The summed E-state index contributed by atoms with van der Waals surface area (Å²) >= 11 is 0. The molecule has 1 heterocycles. The Bertz CT molecular complexity index is 776. The summed E-state index contributed by atoms with van der Waals surface area (Å²) in [5.74, 6) is -5.11. The topological polar surface area (TPSA) is 254 Å². The highest BCUT2D eigenvalue weighted by atomic mass is 16.4. The average Bonchev–Trinajstić information content (AvgIpc) is 3.25. The van der Waals surface area contributed by atoms with Gasteiger partial charge in [0.05, 0.1) is 12.5 Å². The lowest BCUT2D eigenvalue weighted by Gasteiger charge is -2.28. The van der Waals surface area contributed by atoms with Gasteiger partial charge in [0.1, 0.15) is 18.1 Å². The Morgan fingerprint density at radius 1 is 0.941 bits per heavy atom. The van der Waals surface area contributed by atoms with E-state index in [-0.39, 0.29) is 25.8 Å². The molecular weight excluding hydrogens is 450 g/mol. The first-order valence-corrected chi connectivity index (χ1v) is 11.1. The van der Waals surface area contributed by atoms with E-state index in [0.29, 0.717) is 32.2 Å². The predicted octanol–water partition coefficient (Wildman–Crippen LogP) is -3.37. The van der Waals surface area contributed by atoms with Crippen molar-refractivity contribution in [3.8, 4) is 0 Å². The number of carbonyl (C=O) groups is 6. The Balaban J connectivity index is 2.97. The highest BCUT2D eigenvalue weighted by Crippen LogP contribution is 2.19. The minimum atomic E-state index is -1.43. The first-order valence-electron chi connectivity index (χ1n) is 11.1. The van der Waals surface area contributed by atoms with Gasteiger partial charge in [-0.1, -0.05) is 6.42 Å². The summed E-state index contributed by atoms with van der Waals surface area (Å²) in [6.07, 6.45) is 1.23. The molecule has 0 aromatic heterocycles. The Morgan fingerprint density at radius 2 is 1.59 bits per heavy atom. The van der Waals surface area contributed by atoms with E-state index in [1.807, 2.05) is 0 Å². The maximum Gasteiger partial charge on any atom is 0.326 e. The molecule has 0 saturated carbocycles. The number of amides is 5. The SMILES string of the molecule is NCCCCC(N)C(=O)NC(CC(N)=O)C(=O)NC(CCC(N)=O)C(=O)N1CCCC1C(=O)O. The van der Waals surface area contributed by atoms with E-state index in [0.717, 1.165) is 4.90 Å². The number of primary amides is 2. The number of aliphatic carboxylic acids is 1. The quantitative estimate of drug-likeness (QED) is 0.114. The van der Waals surface area contributed by atoms with Gasteiger partial charge < -0.3 is 43.6 Å². The summed E-state index contributed by atoms with van der Waals surface area (Å²) in [6, 6.07) is -4.75. The number of nitrogens with one attached hydrogen (secondary N) is 2. The summed E-state index contributed by atoms with van der Waals surface area (Å²) in [4.78, 5) is 73.6. The summed E-state index contributed by atoms with van der Waals surface area (Å²) in [6.45, 7) is 0.597. The highest BCUT2D eigenvalue weighted by molar-refractivity contribution is 5.96. The van der Waals surface area contributed by atoms with Crippen LogP contribution in [0.5, 0.6) is 0 Å². The smallest absolute Gasteiger partial charge is 0.326 e. The molecule has 0 aliphatic carbocycles. The number of rotatable bonds is 15. The third-order valence-corrected chi connectivity index (χ3v) is 5.46. The molecule has 192 valence electrons. The van der Waals surface area contributed by atoms with Gasteiger partial charge in [0.2, 0.25) is 29.5 Å². The van der Waals surface area contributed by atoms with Gasteiger partial charge in [-0.05, 0) is 38.6 Å².